The lowest BCUT2D eigenvalue weighted by Gasteiger charge is -2.20. The quantitative estimate of drug-likeness (QED) is 0.785. The maximum atomic E-state index is 12.7. The summed E-state index contributed by atoms with van der Waals surface area (Å²) in [5, 5.41) is 14.7. The Morgan fingerprint density at radius 2 is 2.04 bits per heavy atom. The van der Waals surface area contributed by atoms with Crippen molar-refractivity contribution in [2.75, 3.05) is 11.9 Å². The van der Waals surface area contributed by atoms with E-state index < -0.39 is 5.41 Å². The number of nitrogens with one attached hydrogen (secondary N) is 1. The number of imide groups is 1. The zero-order valence-corrected chi connectivity index (χ0v) is 15.7. The number of anilines is 1. The Labute approximate surface area is 162 Å². The third kappa shape index (κ3) is 3.39. The number of aryl methyl sites for hydroxylation is 1. The molecule has 9 heteroatoms. The second-order valence-corrected chi connectivity index (χ2v) is 7.50. The highest BCUT2D eigenvalue weighted by atomic mass is 16.2. The third-order valence-electron chi connectivity index (χ3n) is 5.53. The molecule has 1 aromatic carbocycles. The number of rotatable bonds is 5. The van der Waals surface area contributed by atoms with Crippen LogP contribution in [0.2, 0.25) is 0 Å². The van der Waals surface area contributed by atoms with Crippen molar-refractivity contribution in [3.05, 3.63) is 24.3 Å². The maximum Gasteiger partial charge on any atom is 0.235 e. The van der Waals surface area contributed by atoms with Crippen LogP contribution < -0.4 is 5.32 Å². The number of carbonyl (C=O) groups excluding carboxylic acids is 3. The number of likely N-dealkylation sites (tertiary alicyclic amines) is 1. The lowest BCUT2D eigenvalue weighted by atomic mass is 9.84. The molecule has 2 aromatic rings. The number of aromatic nitrogens is 4. The van der Waals surface area contributed by atoms with Crippen LogP contribution >= 0.6 is 0 Å². The largest absolute Gasteiger partial charge is 0.326 e. The van der Waals surface area contributed by atoms with E-state index in [0.29, 0.717) is 17.9 Å². The van der Waals surface area contributed by atoms with E-state index in [-0.39, 0.29) is 30.7 Å². The van der Waals surface area contributed by atoms with Gasteiger partial charge in [0.15, 0.2) is 0 Å². The monoisotopic (exact) mass is 382 g/mol. The Morgan fingerprint density at radius 1 is 1.25 bits per heavy atom. The molecule has 1 aliphatic carbocycles. The fraction of sp³-hybridized carbons (Fsp3) is 0.474. The van der Waals surface area contributed by atoms with Gasteiger partial charge in [0.25, 0.3) is 0 Å². The molecule has 4 rings (SSSR count). The predicted octanol–water partition coefficient (Wildman–Crippen LogP) is 1.52. The number of hydrogen-bond donors (Lipinski definition) is 1. The van der Waals surface area contributed by atoms with Crippen molar-refractivity contribution in [2.24, 2.45) is 12.5 Å². The fourth-order valence-corrected chi connectivity index (χ4v) is 4.10. The van der Waals surface area contributed by atoms with Gasteiger partial charge in [-0.05, 0) is 30.2 Å². The molecule has 3 amide bonds. The van der Waals surface area contributed by atoms with E-state index in [1.165, 1.54) is 9.70 Å². The summed E-state index contributed by atoms with van der Waals surface area (Å²) >= 11 is 0. The van der Waals surface area contributed by atoms with E-state index >= 15 is 0 Å². The number of tetrazole rings is 1. The van der Waals surface area contributed by atoms with Gasteiger partial charge in [-0.1, -0.05) is 25.0 Å². The van der Waals surface area contributed by atoms with E-state index in [4.69, 9.17) is 0 Å². The molecule has 1 aliphatic heterocycles. The van der Waals surface area contributed by atoms with Crippen LogP contribution in [0.1, 0.15) is 38.5 Å². The normalized spacial score (nSPS) is 18.2. The number of benzene rings is 1. The Kier molecular flexibility index (Phi) is 4.66. The molecule has 0 atom stereocenters. The van der Waals surface area contributed by atoms with Crippen molar-refractivity contribution < 1.29 is 14.4 Å². The molecule has 1 aromatic heterocycles. The van der Waals surface area contributed by atoms with Gasteiger partial charge in [-0.15, -0.1) is 10.2 Å². The van der Waals surface area contributed by atoms with Gasteiger partial charge in [-0.25, -0.2) is 0 Å². The average Bonchev–Trinajstić information content (AvgIpc) is 3.36. The van der Waals surface area contributed by atoms with Gasteiger partial charge in [0.1, 0.15) is 0 Å². The molecular weight excluding hydrogens is 360 g/mol. The van der Waals surface area contributed by atoms with Gasteiger partial charge in [0.2, 0.25) is 23.5 Å². The summed E-state index contributed by atoms with van der Waals surface area (Å²) in [5.41, 5.74) is 0.839. The molecule has 1 N–H and O–H groups in total. The number of carbonyl (C=O) groups is 3. The average molecular weight is 382 g/mol. The molecule has 2 aliphatic rings. The van der Waals surface area contributed by atoms with Gasteiger partial charge >= 0.3 is 0 Å². The standard InChI is InChI=1S/C19H22N6O3/c1-24-22-17(21-23-24)13-5-4-6-14(11-13)20-15(26)7-10-25-16(27)12-19(18(25)28)8-2-3-9-19/h4-6,11H,2-3,7-10,12H2,1H3,(H,20,26). The summed E-state index contributed by atoms with van der Waals surface area (Å²) in [7, 11) is 1.68. The van der Waals surface area contributed by atoms with Crippen molar-refractivity contribution in [2.45, 2.75) is 38.5 Å². The minimum Gasteiger partial charge on any atom is -0.326 e. The molecule has 2 heterocycles. The van der Waals surface area contributed by atoms with Crippen molar-refractivity contribution >= 4 is 23.4 Å². The van der Waals surface area contributed by atoms with E-state index in [1.807, 2.05) is 6.07 Å². The Hall–Kier alpha value is -3.10. The molecule has 2 fully saturated rings. The highest BCUT2D eigenvalue weighted by molar-refractivity contribution is 6.06. The first-order valence-corrected chi connectivity index (χ1v) is 9.46. The molecule has 1 saturated carbocycles. The topological polar surface area (TPSA) is 110 Å². The van der Waals surface area contributed by atoms with Gasteiger partial charge in [0, 0.05) is 30.6 Å². The molecule has 28 heavy (non-hydrogen) atoms. The molecule has 0 bridgehead atoms. The first-order valence-electron chi connectivity index (χ1n) is 9.46. The van der Waals surface area contributed by atoms with Gasteiger partial charge < -0.3 is 5.32 Å². The molecule has 146 valence electrons. The summed E-state index contributed by atoms with van der Waals surface area (Å²) in [5.74, 6) is -0.0418. The summed E-state index contributed by atoms with van der Waals surface area (Å²) in [6, 6.07) is 7.14. The smallest absolute Gasteiger partial charge is 0.235 e. The highest BCUT2D eigenvalue weighted by Gasteiger charge is 2.52. The minimum atomic E-state index is -0.494. The molecule has 1 spiro atoms. The first kappa shape index (κ1) is 18.3. The van der Waals surface area contributed by atoms with Crippen molar-refractivity contribution in [1.29, 1.82) is 0 Å². The van der Waals surface area contributed by atoms with Gasteiger partial charge in [-0.3, -0.25) is 19.3 Å². The highest BCUT2D eigenvalue weighted by Crippen LogP contribution is 2.46. The van der Waals surface area contributed by atoms with E-state index in [0.717, 1.165) is 31.2 Å². The van der Waals surface area contributed by atoms with Crippen LogP contribution in [0.5, 0.6) is 0 Å². The summed E-state index contributed by atoms with van der Waals surface area (Å²) in [6.45, 7) is 0.122. The lowest BCUT2D eigenvalue weighted by Crippen LogP contribution is -2.36. The number of amides is 3. The second-order valence-electron chi connectivity index (χ2n) is 7.50. The maximum absolute atomic E-state index is 12.7. The van der Waals surface area contributed by atoms with Gasteiger partial charge in [0.05, 0.1) is 12.5 Å². The van der Waals surface area contributed by atoms with E-state index in [9.17, 15) is 14.4 Å². The molecule has 0 radical (unpaired) electrons. The first-order chi connectivity index (χ1) is 13.5. The van der Waals surface area contributed by atoms with Crippen molar-refractivity contribution in [3.63, 3.8) is 0 Å². The zero-order valence-electron chi connectivity index (χ0n) is 15.7. The van der Waals surface area contributed by atoms with Crippen LogP contribution in [0, 0.1) is 5.41 Å². The number of nitrogens with zero attached hydrogens (tertiary/aromatic N) is 5. The van der Waals surface area contributed by atoms with Crippen LogP contribution in [-0.4, -0.2) is 49.4 Å². The van der Waals surface area contributed by atoms with E-state index in [1.54, 1.807) is 25.2 Å². The molecule has 1 saturated heterocycles. The Balaban J connectivity index is 1.36. The second kappa shape index (κ2) is 7.14. The third-order valence-corrected chi connectivity index (χ3v) is 5.53. The lowest BCUT2D eigenvalue weighted by molar-refractivity contribution is -0.141. The Bertz CT molecular complexity index is 931. The molecule has 0 unspecified atom stereocenters. The van der Waals surface area contributed by atoms with Gasteiger partial charge in [-0.2, -0.15) is 4.80 Å². The van der Waals surface area contributed by atoms with E-state index in [2.05, 4.69) is 20.7 Å². The zero-order chi connectivity index (χ0) is 19.7. The van der Waals surface area contributed by atoms with Crippen LogP contribution in [0.4, 0.5) is 5.69 Å². The number of hydrogen-bond acceptors (Lipinski definition) is 6. The van der Waals surface area contributed by atoms with Crippen LogP contribution in [-0.2, 0) is 21.4 Å². The molecular formula is C19H22N6O3. The SMILES string of the molecule is Cn1nnc(-c2cccc(NC(=O)CCN3C(=O)CC4(CCCC4)C3=O)c2)n1. The summed E-state index contributed by atoms with van der Waals surface area (Å²) < 4.78 is 0. The molecule has 9 nitrogen and oxygen atoms in total. The van der Waals surface area contributed by atoms with Crippen LogP contribution in [0.15, 0.2) is 24.3 Å². The van der Waals surface area contributed by atoms with Crippen molar-refractivity contribution in [1.82, 2.24) is 25.1 Å². The fourth-order valence-electron chi connectivity index (χ4n) is 4.10. The van der Waals surface area contributed by atoms with Crippen molar-refractivity contribution in [3.8, 4) is 11.4 Å². The Morgan fingerprint density at radius 3 is 2.75 bits per heavy atom. The van der Waals surface area contributed by atoms with Crippen LogP contribution in [0.25, 0.3) is 11.4 Å². The predicted molar refractivity (Wildman–Crippen MR) is 99.7 cm³/mol. The summed E-state index contributed by atoms with van der Waals surface area (Å²) in [4.78, 5) is 39.9. The summed E-state index contributed by atoms with van der Waals surface area (Å²) in [6.07, 6.45) is 3.91. The minimum absolute atomic E-state index is 0.0706. The van der Waals surface area contributed by atoms with Crippen LogP contribution in [0.3, 0.4) is 0 Å².